The van der Waals surface area contributed by atoms with Crippen LogP contribution < -0.4 is 10.2 Å². The molecule has 1 N–H and O–H groups in total. The first kappa shape index (κ1) is 29.2. The van der Waals surface area contributed by atoms with Crippen molar-refractivity contribution >= 4 is 17.8 Å². The minimum absolute atomic E-state index is 0.0664. The number of hydrogen-bond acceptors (Lipinski definition) is 6. The fraction of sp³-hybridized carbons (Fsp3) is 0.519. The number of ether oxygens (including phenoxy) is 1. The summed E-state index contributed by atoms with van der Waals surface area (Å²) in [5.74, 6) is -0.509. The van der Waals surface area contributed by atoms with Gasteiger partial charge in [0.05, 0.1) is 19.6 Å². The van der Waals surface area contributed by atoms with Crippen LogP contribution in [0.2, 0.25) is 0 Å². The molecule has 0 spiro atoms. The lowest BCUT2D eigenvalue weighted by molar-refractivity contribution is -0.141. The van der Waals surface area contributed by atoms with Gasteiger partial charge in [-0.05, 0) is 57.7 Å². The number of benzene rings is 1. The summed E-state index contributed by atoms with van der Waals surface area (Å²) in [6.07, 6.45) is -3.37. The van der Waals surface area contributed by atoms with E-state index in [4.69, 9.17) is 9.57 Å². The number of alkyl halides is 3. The monoisotopic (exact) mass is 536 g/mol. The number of carbonyl (C=O) groups is 2. The Labute approximate surface area is 221 Å². The minimum atomic E-state index is -4.54. The number of hydrogen-bond donors (Lipinski definition) is 1. The Morgan fingerprint density at radius 2 is 1.71 bits per heavy atom. The van der Waals surface area contributed by atoms with E-state index < -0.39 is 29.5 Å². The molecular weight excluding hydrogens is 501 g/mol. The number of hydroxylamine groups is 2. The van der Waals surface area contributed by atoms with Crippen LogP contribution in [0.3, 0.4) is 0 Å². The maximum absolute atomic E-state index is 13.2. The first-order valence-electron chi connectivity index (χ1n) is 12.5. The molecule has 3 rings (SSSR count). The van der Waals surface area contributed by atoms with Crippen LogP contribution in [0.1, 0.15) is 68.8 Å². The van der Waals surface area contributed by atoms with Gasteiger partial charge in [0.2, 0.25) is 5.91 Å². The van der Waals surface area contributed by atoms with Crippen LogP contribution in [0.15, 0.2) is 36.4 Å². The molecule has 0 radical (unpaired) electrons. The van der Waals surface area contributed by atoms with Crippen molar-refractivity contribution in [3.63, 3.8) is 0 Å². The molecule has 0 bridgehead atoms. The summed E-state index contributed by atoms with van der Waals surface area (Å²) in [5.41, 5.74) is 0.462. The van der Waals surface area contributed by atoms with E-state index in [1.54, 1.807) is 52.0 Å². The third-order valence-electron chi connectivity index (χ3n) is 6.12. The van der Waals surface area contributed by atoms with Crippen molar-refractivity contribution in [1.29, 1.82) is 0 Å². The molecular formula is C27H35F3N4O4. The predicted molar refractivity (Wildman–Crippen MR) is 136 cm³/mol. The van der Waals surface area contributed by atoms with E-state index in [0.29, 0.717) is 18.7 Å². The van der Waals surface area contributed by atoms with Crippen molar-refractivity contribution in [1.82, 2.24) is 15.4 Å². The zero-order chi connectivity index (χ0) is 28.1. The van der Waals surface area contributed by atoms with Gasteiger partial charge < -0.3 is 15.0 Å². The molecule has 1 unspecified atom stereocenters. The Hall–Kier alpha value is -3.34. The zero-order valence-corrected chi connectivity index (χ0v) is 22.4. The normalized spacial score (nSPS) is 14.8. The molecule has 0 saturated carbocycles. The molecule has 38 heavy (non-hydrogen) atoms. The number of anilines is 1. The third kappa shape index (κ3) is 7.83. The molecule has 208 valence electrons. The summed E-state index contributed by atoms with van der Waals surface area (Å²) in [4.78, 5) is 36.0. The highest BCUT2D eigenvalue weighted by atomic mass is 19.4. The van der Waals surface area contributed by atoms with Crippen LogP contribution in [0.4, 0.5) is 23.8 Å². The maximum atomic E-state index is 13.2. The number of amides is 2. The van der Waals surface area contributed by atoms with Crippen molar-refractivity contribution in [2.75, 3.05) is 25.1 Å². The lowest BCUT2D eigenvalue weighted by Gasteiger charge is -2.25. The molecule has 1 aromatic carbocycles. The summed E-state index contributed by atoms with van der Waals surface area (Å²) in [7, 11) is 1.38. The maximum Gasteiger partial charge on any atom is 0.434 e. The summed E-state index contributed by atoms with van der Waals surface area (Å²) in [6, 6.07) is 9.50. The van der Waals surface area contributed by atoms with E-state index in [2.05, 4.69) is 10.3 Å². The predicted octanol–water partition coefficient (Wildman–Crippen LogP) is 5.42. The van der Waals surface area contributed by atoms with Gasteiger partial charge in [-0.25, -0.2) is 9.78 Å². The van der Waals surface area contributed by atoms with Gasteiger partial charge in [0, 0.05) is 25.2 Å². The highest BCUT2D eigenvalue weighted by molar-refractivity contribution is 5.83. The number of aromatic nitrogens is 1. The lowest BCUT2D eigenvalue weighted by Crippen LogP contribution is -2.35. The smallest absolute Gasteiger partial charge is 0.434 e. The topological polar surface area (TPSA) is 84.0 Å². The summed E-state index contributed by atoms with van der Waals surface area (Å²) < 4.78 is 45.0. The average Bonchev–Trinajstić information content (AvgIpc) is 3.39. The molecule has 1 saturated heterocycles. The Morgan fingerprint density at radius 1 is 1.08 bits per heavy atom. The molecule has 0 aliphatic carbocycles. The number of nitrogens with zero attached hydrogens (tertiary/aromatic N) is 3. The largest absolute Gasteiger partial charge is 0.442 e. The molecule has 1 aromatic heterocycles. The van der Waals surface area contributed by atoms with Gasteiger partial charge in [-0.15, -0.1) is 0 Å². The second-order valence-electron chi connectivity index (χ2n) is 10.3. The third-order valence-corrected chi connectivity index (χ3v) is 6.12. The molecule has 2 aromatic rings. The van der Waals surface area contributed by atoms with Crippen LogP contribution in [0.5, 0.6) is 0 Å². The Kier molecular flexibility index (Phi) is 9.24. The van der Waals surface area contributed by atoms with Crippen molar-refractivity contribution in [2.45, 2.75) is 71.3 Å². The van der Waals surface area contributed by atoms with E-state index in [0.717, 1.165) is 35.1 Å². The van der Waals surface area contributed by atoms with Crippen LogP contribution in [-0.2, 0) is 33.6 Å². The molecule has 1 fully saturated rings. The summed E-state index contributed by atoms with van der Waals surface area (Å²) in [5, 5.41) is 3.94. The van der Waals surface area contributed by atoms with Crippen molar-refractivity contribution in [3.05, 3.63) is 58.8 Å². The molecule has 1 aliphatic heterocycles. The molecule has 11 heteroatoms. The van der Waals surface area contributed by atoms with Crippen LogP contribution in [0.25, 0.3) is 0 Å². The van der Waals surface area contributed by atoms with E-state index in [1.807, 2.05) is 4.90 Å². The minimum Gasteiger partial charge on any atom is -0.442 e. The number of carbonyl (C=O) groups excluding carboxylic acids is 2. The first-order chi connectivity index (χ1) is 17.8. The van der Waals surface area contributed by atoms with Crippen molar-refractivity contribution < 1.29 is 32.3 Å². The Morgan fingerprint density at radius 3 is 2.26 bits per heavy atom. The standard InChI is InChI=1S/C27H35F3N4O4/c1-18(20-10-8-19(9-11-20)17-34(37-5)25(36)38-26(2,3)4)24(35)31-16-21-12-13-22(27(28,29)30)32-23(21)33-14-6-7-15-33/h8-13,18H,6-7,14-17H2,1-5H3,(H,31,35). The van der Waals surface area contributed by atoms with Gasteiger partial charge in [0.15, 0.2) is 0 Å². The molecule has 2 amide bonds. The van der Waals surface area contributed by atoms with E-state index in [1.165, 1.54) is 13.2 Å². The number of rotatable bonds is 8. The molecule has 2 heterocycles. The summed E-state index contributed by atoms with van der Waals surface area (Å²) in [6.45, 7) is 8.53. The lowest BCUT2D eigenvalue weighted by atomic mass is 9.99. The van der Waals surface area contributed by atoms with Gasteiger partial charge in [0.25, 0.3) is 0 Å². The number of nitrogens with one attached hydrogen (secondary N) is 1. The SMILES string of the molecule is CON(Cc1ccc(C(C)C(=O)NCc2ccc(C(F)(F)F)nc2N2CCCC2)cc1)C(=O)OC(C)(C)C. The Bertz CT molecular complexity index is 1110. The van der Waals surface area contributed by atoms with Crippen molar-refractivity contribution in [3.8, 4) is 0 Å². The highest BCUT2D eigenvalue weighted by Gasteiger charge is 2.34. The van der Waals surface area contributed by atoms with Gasteiger partial charge in [-0.2, -0.15) is 18.2 Å². The van der Waals surface area contributed by atoms with E-state index in [9.17, 15) is 22.8 Å². The quantitative estimate of drug-likeness (QED) is 0.454. The van der Waals surface area contributed by atoms with E-state index in [-0.39, 0.29) is 24.8 Å². The second-order valence-corrected chi connectivity index (χ2v) is 10.3. The molecule has 1 aliphatic rings. The first-order valence-corrected chi connectivity index (χ1v) is 12.5. The molecule has 8 nitrogen and oxygen atoms in total. The van der Waals surface area contributed by atoms with Gasteiger partial charge in [0.1, 0.15) is 17.1 Å². The summed E-state index contributed by atoms with van der Waals surface area (Å²) >= 11 is 0. The van der Waals surface area contributed by atoms with Gasteiger partial charge in [-0.3, -0.25) is 9.63 Å². The number of pyridine rings is 1. The highest BCUT2D eigenvalue weighted by Crippen LogP contribution is 2.32. The fourth-order valence-electron chi connectivity index (χ4n) is 4.06. The van der Waals surface area contributed by atoms with Gasteiger partial charge >= 0.3 is 12.3 Å². The number of halogens is 3. The Balaban J connectivity index is 1.64. The second kappa shape index (κ2) is 12.0. The van der Waals surface area contributed by atoms with Crippen LogP contribution >= 0.6 is 0 Å². The van der Waals surface area contributed by atoms with Crippen LogP contribution in [-0.4, -0.2) is 47.8 Å². The van der Waals surface area contributed by atoms with Crippen LogP contribution in [0, 0.1) is 0 Å². The fourth-order valence-corrected chi connectivity index (χ4v) is 4.06. The average molecular weight is 537 g/mol. The van der Waals surface area contributed by atoms with E-state index >= 15 is 0 Å². The molecule has 1 atom stereocenters. The zero-order valence-electron chi connectivity index (χ0n) is 22.4. The van der Waals surface area contributed by atoms with Crippen molar-refractivity contribution in [2.24, 2.45) is 0 Å². The van der Waals surface area contributed by atoms with Gasteiger partial charge in [-0.1, -0.05) is 30.3 Å².